The van der Waals surface area contributed by atoms with Gasteiger partial charge in [0.15, 0.2) is 0 Å². The van der Waals surface area contributed by atoms with E-state index in [1.807, 2.05) is 37.3 Å². The number of hydrogen-bond donors (Lipinski definition) is 3. The lowest BCUT2D eigenvalue weighted by Crippen LogP contribution is -2.36. The van der Waals surface area contributed by atoms with Crippen LogP contribution >= 0.6 is 0 Å². The SMILES string of the molecule is Cc1noc(C)c1CNC(=O)CC(NC(N)=O)c1ccccc1. The Morgan fingerprint density at radius 3 is 2.52 bits per heavy atom. The molecule has 1 aromatic heterocycles. The summed E-state index contributed by atoms with van der Waals surface area (Å²) in [6.07, 6.45) is 0.0936. The molecule has 4 N–H and O–H groups in total. The Kier molecular flexibility index (Phi) is 5.35. The maximum atomic E-state index is 12.2. The third-order valence-electron chi connectivity index (χ3n) is 3.55. The quantitative estimate of drug-likeness (QED) is 0.753. The summed E-state index contributed by atoms with van der Waals surface area (Å²) in [6.45, 7) is 3.94. The second-order valence-corrected chi connectivity index (χ2v) is 5.26. The minimum absolute atomic E-state index is 0.0936. The van der Waals surface area contributed by atoms with Gasteiger partial charge in [0.25, 0.3) is 0 Å². The number of amides is 3. The fraction of sp³-hybridized carbons (Fsp3) is 0.312. The Balaban J connectivity index is 1.99. The first-order valence-corrected chi connectivity index (χ1v) is 7.26. The zero-order valence-electron chi connectivity index (χ0n) is 13.1. The zero-order valence-corrected chi connectivity index (χ0v) is 13.1. The molecular formula is C16H20N4O3. The molecule has 1 aromatic carbocycles. The molecule has 7 nitrogen and oxygen atoms in total. The summed E-state index contributed by atoms with van der Waals surface area (Å²) in [4.78, 5) is 23.3. The zero-order chi connectivity index (χ0) is 16.8. The van der Waals surface area contributed by atoms with Crippen molar-refractivity contribution in [2.45, 2.75) is 32.9 Å². The molecule has 0 saturated heterocycles. The van der Waals surface area contributed by atoms with Crippen molar-refractivity contribution in [1.29, 1.82) is 0 Å². The molecule has 1 heterocycles. The molecule has 0 saturated carbocycles. The van der Waals surface area contributed by atoms with E-state index >= 15 is 0 Å². The van der Waals surface area contributed by atoms with Crippen LogP contribution in [0, 0.1) is 13.8 Å². The number of carbonyl (C=O) groups excluding carboxylic acids is 2. The van der Waals surface area contributed by atoms with Crippen molar-refractivity contribution < 1.29 is 14.1 Å². The first-order chi connectivity index (χ1) is 11.0. The second kappa shape index (κ2) is 7.44. The first-order valence-electron chi connectivity index (χ1n) is 7.26. The topological polar surface area (TPSA) is 110 Å². The number of benzene rings is 1. The van der Waals surface area contributed by atoms with Gasteiger partial charge in [0, 0.05) is 12.1 Å². The number of nitrogens with one attached hydrogen (secondary N) is 2. The third-order valence-corrected chi connectivity index (χ3v) is 3.55. The first kappa shape index (κ1) is 16.5. The van der Waals surface area contributed by atoms with Crippen LogP contribution in [0.1, 0.15) is 35.0 Å². The highest BCUT2D eigenvalue weighted by Gasteiger charge is 2.18. The molecule has 2 aromatic rings. The highest BCUT2D eigenvalue weighted by molar-refractivity contribution is 5.78. The molecular weight excluding hydrogens is 296 g/mol. The summed E-state index contributed by atoms with van der Waals surface area (Å²) in [6, 6.07) is 8.07. The molecule has 0 bridgehead atoms. The minimum atomic E-state index is -0.669. The van der Waals surface area contributed by atoms with Crippen molar-refractivity contribution >= 4 is 11.9 Å². The monoisotopic (exact) mass is 316 g/mol. The van der Waals surface area contributed by atoms with Crippen LogP contribution in [-0.2, 0) is 11.3 Å². The van der Waals surface area contributed by atoms with Crippen LogP contribution < -0.4 is 16.4 Å². The molecule has 0 aliphatic carbocycles. The van der Waals surface area contributed by atoms with E-state index in [4.69, 9.17) is 10.3 Å². The maximum absolute atomic E-state index is 12.2. The molecule has 0 aliphatic rings. The van der Waals surface area contributed by atoms with E-state index in [2.05, 4.69) is 15.8 Å². The largest absolute Gasteiger partial charge is 0.361 e. The van der Waals surface area contributed by atoms with Gasteiger partial charge in [-0.2, -0.15) is 0 Å². The van der Waals surface area contributed by atoms with Crippen molar-refractivity contribution in [3.8, 4) is 0 Å². The van der Waals surface area contributed by atoms with E-state index < -0.39 is 12.1 Å². The highest BCUT2D eigenvalue weighted by atomic mass is 16.5. The number of aryl methyl sites for hydroxylation is 2. The van der Waals surface area contributed by atoms with E-state index in [-0.39, 0.29) is 12.3 Å². The van der Waals surface area contributed by atoms with Crippen LogP contribution in [0.15, 0.2) is 34.9 Å². The van der Waals surface area contributed by atoms with Gasteiger partial charge >= 0.3 is 6.03 Å². The van der Waals surface area contributed by atoms with Crippen molar-refractivity contribution in [2.75, 3.05) is 0 Å². The fourth-order valence-electron chi connectivity index (χ4n) is 2.31. The van der Waals surface area contributed by atoms with Gasteiger partial charge in [0.05, 0.1) is 18.2 Å². The summed E-state index contributed by atoms with van der Waals surface area (Å²) in [7, 11) is 0. The fourth-order valence-corrected chi connectivity index (χ4v) is 2.31. The predicted molar refractivity (Wildman–Crippen MR) is 84.3 cm³/mol. The molecule has 0 fully saturated rings. The number of hydrogen-bond acceptors (Lipinski definition) is 4. The van der Waals surface area contributed by atoms with Gasteiger partial charge in [-0.1, -0.05) is 35.5 Å². The lowest BCUT2D eigenvalue weighted by Gasteiger charge is -2.17. The van der Waals surface area contributed by atoms with Crippen LogP contribution in [-0.4, -0.2) is 17.1 Å². The van der Waals surface area contributed by atoms with Crippen molar-refractivity contribution in [3.63, 3.8) is 0 Å². The van der Waals surface area contributed by atoms with Crippen LogP contribution in [0.2, 0.25) is 0 Å². The van der Waals surface area contributed by atoms with Gasteiger partial charge in [-0.25, -0.2) is 4.79 Å². The van der Waals surface area contributed by atoms with Crippen LogP contribution in [0.5, 0.6) is 0 Å². The van der Waals surface area contributed by atoms with Gasteiger partial charge in [-0.15, -0.1) is 0 Å². The number of carbonyl (C=O) groups is 2. The molecule has 122 valence electrons. The smallest absolute Gasteiger partial charge is 0.312 e. The van der Waals surface area contributed by atoms with Gasteiger partial charge in [-0.05, 0) is 19.4 Å². The summed E-state index contributed by atoms with van der Waals surface area (Å²) in [5.41, 5.74) is 7.62. The Bertz CT molecular complexity index is 662. The molecule has 0 aliphatic heterocycles. The van der Waals surface area contributed by atoms with Gasteiger partial charge in [-0.3, -0.25) is 4.79 Å². The van der Waals surface area contributed by atoms with Crippen LogP contribution in [0.4, 0.5) is 4.79 Å². The highest BCUT2D eigenvalue weighted by Crippen LogP contribution is 2.17. The van der Waals surface area contributed by atoms with E-state index in [0.29, 0.717) is 12.3 Å². The third kappa shape index (κ3) is 4.57. The predicted octanol–water partition coefficient (Wildman–Crippen LogP) is 1.71. The average molecular weight is 316 g/mol. The molecule has 1 unspecified atom stereocenters. The lowest BCUT2D eigenvalue weighted by atomic mass is 10.0. The summed E-state index contributed by atoms with van der Waals surface area (Å²) in [5, 5.41) is 9.24. The Labute approximate surface area is 134 Å². The Morgan fingerprint density at radius 1 is 1.26 bits per heavy atom. The summed E-state index contributed by atoms with van der Waals surface area (Å²) < 4.78 is 5.06. The molecule has 7 heteroatoms. The average Bonchev–Trinajstić information content (AvgIpc) is 2.84. The molecule has 3 amide bonds. The second-order valence-electron chi connectivity index (χ2n) is 5.26. The summed E-state index contributed by atoms with van der Waals surface area (Å²) >= 11 is 0. The van der Waals surface area contributed by atoms with Crippen molar-refractivity contribution in [1.82, 2.24) is 15.8 Å². The van der Waals surface area contributed by atoms with Crippen LogP contribution in [0.25, 0.3) is 0 Å². The van der Waals surface area contributed by atoms with E-state index in [0.717, 1.165) is 16.8 Å². The standard InChI is InChI=1S/C16H20N4O3/c1-10-13(11(2)23-20-10)9-18-15(21)8-14(19-16(17)22)12-6-4-3-5-7-12/h3-7,14H,8-9H2,1-2H3,(H,18,21)(H3,17,19,22). The normalized spacial score (nSPS) is 11.7. The number of rotatable bonds is 6. The van der Waals surface area contributed by atoms with Gasteiger partial charge < -0.3 is 20.9 Å². The van der Waals surface area contributed by atoms with Crippen molar-refractivity contribution in [3.05, 3.63) is 52.9 Å². The number of primary amides is 1. The molecule has 0 spiro atoms. The van der Waals surface area contributed by atoms with Crippen LogP contribution in [0.3, 0.4) is 0 Å². The van der Waals surface area contributed by atoms with E-state index in [1.165, 1.54) is 0 Å². The number of nitrogens with two attached hydrogens (primary N) is 1. The Morgan fingerprint density at radius 2 is 1.96 bits per heavy atom. The molecule has 23 heavy (non-hydrogen) atoms. The summed E-state index contributed by atoms with van der Waals surface area (Å²) in [5.74, 6) is 0.477. The van der Waals surface area contributed by atoms with E-state index in [9.17, 15) is 9.59 Å². The molecule has 0 radical (unpaired) electrons. The van der Waals surface area contributed by atoms with Gasteiger partial charge in [0.2, 0.25) is 5.91 Å². The minimum Gasteiger partial charge on any atom is -0.361 e. The maximum Gasteiger partial charge on any atom is 0.312 e. The number of aromatic nitrogens is 1. The van der Waals surface area contributed by atoms with Gasteiger partial charge in [0.1, 0.15) is 5.76 Å². The van der Waals surface area contributed by atoms with E-state index in [1.54, 1.807) is 6.92 Å². The molecule has 1 atom stereocenters. The lowest BCUT2D eigenvalue weighted by molar-refractivity contribution is -0.121. The number of nitrogens with zero attached hydrogens (tertiary/aromatic N) is 1. The van der Waals surface area contributed by atoms with Crippen molar-refractivity contribution in [2.24, 2.45) is 5.73 Å². The molecule has 2 rings (SSSR count). The number of urea groups is 1. The Hall–Kier alpha value is -2.83.